The van der Waals surface area contributed by atoms with Crippen molar-refractivity contribution in [1.82, 2.24) is 0 Å². The lowest BCUT2D eigenvalue weighted by Gasteiger charge is -2.08. The van der Waals surface area contributed by atoms with Crippen LogP contribution in [0.1, 0.15) is 0 Å². The van der Waals surface area contributed by atoms with Gasteiger partial charge in [-0.1, -0.05) is 0 Å². The van der Waals surface area contributed by atoms with Crippen LogP contribution in [-0.2, 0) is 14.3 Å². The van der Waals surface area contributed by atoms with E-state index < -0.39 is 19.3 Å². The van der Waals surface area contributed by atoms with Crippen molar-refractivity contribution in [3.05, 3.63) is 0 Å². The summed E-state index contributed by atoms with van der Waals surface area (Å²) in [5.41, 5.74) is 0. The maximum Gasteiger partial charge on any atom is 0.345 e. The molecule has 0 rings (SSSR count). The number of halogens is 2. The van der Waals surface area contributed by atoms with E-state index in [1.54, 1.807) is 0 Å². The smallest absolute Gasteiger partial charge is 0.345 e. The van der Waals surface area contributed by atoms with Gasteiger partial charge in [0.05, 0.1) is 6.61 Å². The molecule has 0 fully saturated rings. The summed E-state index contributed by atoms with van der Waals surface area (Å²) in [7, 11) is 0. The third kappa shape index (κ3) is 7.14. The quantitative estimate of drug-likeness (QED) is 0.559. The molecule has 0 saturated carbocycles. The van der Waals surface area contributed by atoms with Gasteiger partial charge in [-0.3, -0.25) is 4.79 Å². The summed E-state index contributed by atoms with van der Waals surface area (Å²) < 4.78 is 30.3. The lowest BCUT2D eigenvalue weighted by atomic mass is 10.4. The summed E-state index contributed by atoms with van der Waals surface area (Å²) in [6.45, 7) is -3.69. The molecule has 0 aliphatic carbocycles. The minimum atomic E-state index is -2.92. The van der Waals surface area contributed by atoms with Crippen LogP contribution in [0.2, 0.25) is 0 Å². The van der Waals surface area contributed by atoms with Gasteiger partial charge in [-0.15, -0.1) is 0 Å². The van der Waals surface area contributed by atoms with Crippen LogP contribution in [0.25, 0.3) is 0 Å². The predicted octanol–water partition coefficient (Wildman–Crippen LogP) is -0.240. The molecule has 0 aromatic carbocycles. The largest absolute Gasteiger partial charge is 0.465 e. The monoisotopic (exact) mass is 170 g/mol. The van der Waals surface area contributed by atoms with Crippen LogP contribution in [0.15, 0.2) is 0 Å². The van der Waals surface area contributed by atoms with Gasteiger partial charge in [0.15, 0.2) is 0 Å². The first-order chi connectivity index (χ1) is 5.16. The van der Waals surface area contributed by atoms with Gasteiger partial charge in [0.25, 0.3) is 6.47 Å². The van der Waals surface area contributed by atoms with Crippen molar-refractivity contribution < 1.29 is 28.2 Å². The zero-order valence-electron chi connectivity index (χ0n) is 5.57. The highest BCUT2D eigenvalue weighted by molar-refractivity contribution is 5.36. The first-order valence-electron chi connectivity index (χ1n) is 2.80. The molecule has 0 radical (unpaired) electrons. The molecule has 1 unspecified atom stereocenters. The number of aliphatic hydroxyl groups excluding tert-OH is 1. The Balaban J connectivity index is 3.21. The molecule has 0 heterocycles. The first-order valence-corrected chi connectivity index (χ1v) is 2.80. The highest BCUT2D eigenvalue weighted by Crippen LogP contribution is 1.96. The summed E-state index contributed by atoms with van der Waals surface area (Å²) in [4.78, 5) is 9.53. The number of aliphatic hydroxyl groups is 1. The third-order valence-corrected chi connectivity index (χ3v) is 0.771. The van der Waals surface area contributed by atoms with E-state index in [1.807, 2.05) is 0 Å². The van der Waals surface area contributed by atoms with Crippen molar-refractivity contribution in [3.63, 3.8) is 0 Å². The molecule has 0 aliphatic rings. The molecule has 1 N–H and O–H groups in total. The zero-order valence-corrected chi connectivity index (χ0v) is 5.57. The van der Waals surface area contributed by atoms with Gasteiger partial charge in [-0.05, 0) is 0 Å². The van der Waals surface area contributed by atoms with E-state index in [4.69, 9.17) is 5.11 Å². The molecule has 11 heavy (non-hydrogen) atoms. The summed E-state index contributed by atoms with van der Waals surface area (Å²) in [5.74, 6) is 0. The Labute approximate surface area is 61.7 Å². The van der Waals surface area contributed by atoms with E-state index in [9.17, 15) is 13.6 Å². The highest BCUT2D eigenvalue weighted by Gasteiger charge is 2.08. The van der Waals surface area contributed by atoms with Gasteiger partial charge in [0.2, 0.25) is 0 Å². The molecule has 4 nitrogen and oxygen atoms in total. The van der Waals surface area contributed by atoms with Gasteiger partial charge < -0.3 is 14.6 Å². The Kier molecular flexibility index (Phi) is 5.58. The van der Waals surface area contributed by atoms with Crippen molar-refractivity contribution in [3.8, 4) is 0 Å². The van der Waals surface area contributed by atoms with Crippen molar-refractivity contribution in [2.24, 2.45) is 0 Å². The number of alkyl halides is 2. The number of hydrogen-bond donors (Lipinski definition) is 1. The average molecular weight is 170 g/mol. The van der Waals surface area contributed by atoms with Crippen LogP contribution in [0.4, 0.5) is 8.78 Å². The van der Waals surface area contributed by atoms with Gasteiger partial charge in [0.1, 0.15) is 12.7 Å². The van der Waals surface area contributed by atoms with Crippen LogP contribution < -0.4 is 0 Å². The average Bonchev–Trinajstić information content (AvgIpc) is 1.97. The minimum Gasteiger partial charge on any atom is -0.465 e. The Morgan fingerprint density at radius 2 is 2.09 bits per heavy atom. The van der Waals surface area contributed by atoms with Crippen molar-refractivity contribution >= 4 is 6.47 Å². The lowest BCUT2D eigenvalue weighted by molar-refractivity contribution is -0.156. The fraction of sp³-hybridized carbons (Fsp3) is 0.800. The fourth-order valence-electron chi connectivity index (χ4n) is 0.382. The van der Waals surface area contributed by atoms with Crippen LogP contribution in [0.3, 0.4) is 0 Å². The molecule has 0 aromatic heterocycles. The number of carbonyl (C=O) groups excluding carboxylic acids is 1. The van der Waals surface area contributed by atoms with Crippen molar-refractivity contribution in [2.75, 3.05) is 13.2 Å². The van der Waals surface area contributed by atoms with Gasteiger partial charge in [0, 0.05) is 0 Å². The second-order valence-electron chi connectivity index (χ2n) is 1.68. The van der Waals surface area contributed by atoms with Gasteiger partial charge >= 0.3 is 6.61 Å². The van der Waals surface area contributed by atoms with Crippen LogP contribution in [0, 0.1) is 0 Å². The molecule has 0 amide bonds. The second kappa shape index (κ2) is 5.99. The Hall–Kier alpha value is -0.750. The number of carbonyl (C=O) groups is 1. The summed E-state index contributed by atoms with van der Waals surface area (Å²) in [6, 6.07) is 0. The molecule has 66 valence electrons. The first kappa shape index (κ1) is 10.2. The Bertz CT molecular complexity index is 109. The Morgan fingerprint density at radius 1 is 1.45 bits per heavy atom. The highest BCUT2D eigenvalue weighted by atomic mass is 19.3. The minimum absolute atomic E-state index is 0.117. The maximum absolute atomic E-state index is 11.3. The number of ether oxygens (including phenoxy) is 2. The van der Waals surface area contributed by atoms with E-state index in [-0.39, 0.29) is 13.1 Å². The second-order valence-corrected chi connectivity index (χ2v) is 1.68. The van der Waals surface area contributed by atoms with Gasteiger partial charge in [-0.25, -0.2) is 0 Å². The van der Waals surface area contributed by atoms with Crippen LogP contribution in [-0.4, -0.2) is 37.5 Å². The zero-order chi connectivity index (χ0) is 8.69. The molecule has 1 atom stereocenters. The fourth-order valence-corrected chi connectivity index (χ4v) is 0.382. The van der Waals surface area contributed by atoms with E-state index >= 15 is 0 Å². The normalized spacial score (nSPS) is 13.1. The van der Waals surface area contributed by atoms with E-state index in [1.165, 1.54) is 0 Å². The Morgan fingerprint density at radius 3 is 2.55 bits per heavy atom. The van der Waals surface area contributed by atoms with E-state index in [0.717, 1.165) is 0 Å². The van der Waals surface area contributed by atoms with Gasteiger partial charge in [-0.2, -0.15) is 8.78 Å². The molecule has 0 aliphatic heterocycles. The number of rotatable bonds is 6. The predicted molar refractivity (Wildman–Crippen MR) is 30.0 cm³/mol. The van der Waals surface area contributed by atoms with Crippen molar-refractivity contribution in [1.29, 1.82) is 0 Å². The molecular weight excluding hydrogens is 162 g/mol. The van der Waals surface area contributed by atoms with Crippen LogP contribution >= 0.6 is 0 Å². The van der Waals surface area contributed by atoms with E-state index in [2.05, 4.69) is 9.47 Å². The molecular formula is C5H8F2O4. The standard InChI is InChI=1S/C5H8F2O4/c6-5(7)11-2-4(9)1-10-3-8/h3-5,9H,1-2H2. The third-order valence-electron chi connectivity index (χ3n) is 0.771. The van der Waals surface area contributed by atoms with E-state index in [0.29, 0.717) is 0 Å². The topological polar surface area (TPSA) is 55.8 Å². The number of hydrogen-bond acceptors (Lipinski definition) is 4. The SMILES string of the molecule is O=COCC(O)COC(F)F. The summed E-state index contributed by atoms with van der Waals surface area (Å²) >= 11 is 0. The molecule has 0 bridgehead atoms. The molecule has 0 aromatic rings. The lowest BCUT2D eigenvalue weighted by Crippen LogP contribution is -2.22. The molecule has 0 saturated heterocycles. The summed E-state index contributed by atoms with van der Waals surface area (Å²) in [5, 5.41) is 8.69. The van der Waals surface area contributed by atoms with Crippen molar-refractivity contribution in [2.45, 2.75) is 12.7 Å². The van der Waals surface area contributed by atoms with Crippen LogP contribution in [0.5, 0.6) is 0 Å². The maximum atomic E-state index is 11.3. The molecule has 6 heteroatoms. The summed E-state index contributed by atoms with van der Waals surface area (Å²) in [6.07, 6.45) is -1.20. The molecule has 0 spiro atoms.